The van der Waals surface area contributed by atoms with Crippen molar-refractivity contribution in [2.45, 2.75) is 19.4 Å². The Hall–Kier alpha value is -1.23. The number of benzene rings is 1. The molecule has 0 aromatic heterocycles. The number of hydrogen-bond donors (Lipinski definition) is 1. The number of halogens is 1. The third-order valence-electron chi connectivity index (χ3n) is 2.46. The molecule has 1 aromatic carbocycles. The van der Waals surface area contributed by atoms with Crippen LogP contribution in [0.5, 0.6) is 5.75 Å². The van der Waals surface area contributed by atoms with Gasteiger partial charge >= 0.3 is 5.97 Å². The highest BCUT2D eigenvalue weighted by atomic mass is 79.9. The van der Waals surface area contributed by atoms with E-state index >= 15 is 0 Å². The van der Waals surface area contributed by atoms with Crippen LogP contribution in [0.3, 0.4) is 0 Å². The lowest BCUT2D eigenvalue weighted by Gasteiger charge is -2.26. The van der Waals surface area contributed by atoms with Gasteiger partial charge in [-0.25, -0.2) is 0 Å². The van der Waals surface area contributed by atoms with Crippen molar-refractivity contribution in [3.63, 3.8) is 0 Å². The van der Waals surface area contributed by atoms with Gasteiger partial charge in [-0.05, 0) is 25.1 Å². The van der Waals surface area contributed by atoms with Gasteiger partial charge in [0.25, 0.3) is 0 Å². The maximum atomic E-state index is 11.4. The SMILES string of the molecule is CCOC(=O)C[C@@H]1COc2cc(Br)ccc2N1. The fourth-order valence-corrected chi connectivity index (χ4v) is 2.06. The Balaban J connectivity index is 1.99. The molecule has 1 heterocycles. The van der Waals surface area contributed by atoms with Gasteiger partial charge in [-0.15, -0.1) is 0 Å². The van der Waals surface area contributed by atoms with Crippen molar-refractivity contribution >= 4 is 27.6 Å². The largest absolute Gasteiger partial charge is 0.489 e. The summed E-state index contributed by atoms with van der Waals surface area (Å²) in [6, 6.07) is 5.74. The first-order valence-corrected chi connectivity index (χ1v) is 6.33. The summed E-state index contributed by atoms with van der Waals surface area (Å²) in [6.45, 7) is 2.69. The molecule has 0 unspecified atom stereocenters. The molecular weight excluding hydrogens is 286 g/mol. The molecule has 0 saturated carbocycles. The number of nitrogens with one attached hydrogen (secondary N) is 1. The monoisotopic (exact) mass is 299 g/mol. The maximum absolute atomic E-state index is 11.4. The third-order valence-corrected chi connectivity index (χ3v) is 2.95. The zero-order valence-corrected chi connectivity index (χ0v) is 11.1. The van der Waals surface area contributed by atoms with Crippen molar-refractivity contribution in [3.05, 3.63) is 22.7 Å². The summed E-state index contributed by atoms with van der Waals surface area (Å²) in [4.78, 5) is 11.4. The molecule has 0 spiro atoms. The van der Waals surface area contributed by atoms with Crippen molar-refractivity contribution in [1.29, 1.82) is 0 Å². The van der Waals surface area contributed by atoms with Gasteiger partial charge in [0.05, 0.1) is 24.8 Å². The highest BCUT2D eigenvalue weighted by Gasteiger charge is 2.21. The molecule has 0 bridgehead atoms. The van der Waals surface area contributed by atoms with Crippen LogP contribution >= 0.6 is 15.9 Å². The quantitative estimate of drug-likeness (QED) is 0.872. The second kappa shape index (κ2) is 5.40. The predicted molar refractivity (Wildman–Crippen MR) is 68.3 cm³/mol. The van der Waals surface area contributed by atoms with E-state index in [0.29, 0.717) is 19.6 Å². The summed E-state index contributed by atoms with van der Waals surface area (Å²) in [5.41, 5.74) is 0.911. The fourth-order valence-electron chi connectivity index (χ4n) is 1.72. The van der Waals surface area contributed by atoms with Crippen LogP contribution in [0.25, 0.3) is 0 Å². The molecule has 2 rings (SSSR count). The van der Waals surface area contributed by atoms with Gasteiger partial charge in [-0.2, -0.15) is 0 Å². The number of carbonyl (C=O) groups is 1. The predicted octanol–water partition coefficient (Wildman–Crippen LogP) is 2.58. The molecule has 1 aliphatic heterocycles. The standard InChI is InChI=1S/C12H14BrNO3/c1-2-16-12(15)6-9-7-17-11-5-8(13)3-4-10(11)14-9/h3-5,9,14H,2,6-7H2,1H3/t9-/m1/s1. The first-order chi connectivity index (χ1) is 8.19. The lowest BCUT2D eigenvalue weighted by molar-refractivity contribution is -0.143. The van der Waals surface area contributed by atoms with E-state index in [1.54, 1.807) is 6.92 Å². The molecule has 17 heavy (non-hydrogen) atoms. The Kier molecular flexibility index (Phi) is 3.89. The normalized spacial score (nSPS) is 17.6. The molecule has 0 radical (unpaired) electrons. The van der Waals surface area contributed by atoms with E-state index in [1.165, 1.54) is 0 Å². The summed E-state index contributed by atoms with van der Waals surface area (Å²) < 4.78 is 11.5. The molecule has 0 amide bonds. The Morgan fingerprint density at radius 2 is 2.47 bits per heavy atom. The maximum Gasteiger partial charge on any atom is 0.307 e. The Bertz CT molecular complexity index is 422. The van der Waals surface area contributed by atoms with Crippen LogP contribution < -0.4 is 10.1 Å². The molecule has 1 atom stereocenters. The van der Waals surface area contributed by atoms with Crippen LogP contribution in [-0.4, -0.2) is 25.2 Å². The number of hydrogen-bond acceptors (Lipinski definition) is 4. The highest BCUT2D eigenvalue weighted by Crippen LogP contribution is 2.32. The number of anilines is 1. The summed E-state index contributed by atoms with van der Waals surface area (Å²) >= 11 is 3.38. The summed E-state index contributed by atoms with van der Waals surface area (Å²) in [5, 5.41) is 3.27. The molecular formula is C12H14BrNO3. The molecule has 0 fully saturated rings. The zero-order chi connectivity index (χ0) is 12.3. The lowest BCUT2D eigenvalue weighted by atomic mass is 10.1. The first-order valence-electron chi connectivity index (χ1n) is 5.53. The number of ether oxygens (including phenoxy) is 2. The minimum Gasteiger partial charge on any atom is -0.489 e. The molecule has 92 valence electrons. The van der Waals surface area contributed by atoms with Crippen LogP contribution in [0.4, 0.5) is 5.69 Å². The number of fused-ring (bicyclic) bond motifs is 1. The second-order valence-corrected chi connectivity index (χ2v) is 4.72. The smallest absolute Gasteiger partial charge is 0.307 e. The Morgan fingerprint density at radius 3 is 3.24 bits per heavy atom. The first kappa shape index (κ1) is 12.2. The summed E-state index contributed by atoms with van der Waals surface area (Å²) in [5.74, 6) is 0.605. The van der Waals surface area contributed by atoms with Crippen LogP contribution in [0.2, 0.25) is 0 Å². The van der Waals surface area contributed by atoms with Crippen molar-refractivity contribution in [1.82, 2.24) is 0 Å². The van der Waals surface area contributed by atoms with E-state index in [2.05, 4.69) is 21.2 Å². The van der Waals surface area contributed by atoms with Gasteiger partial charge in [0.1, 0.15) is 12.4 Å². The minimum atomic E-state index is -0.200. The number of esters is 1. The van der Waals surface area contributed by atoms with Crippen LogP contribution in [0.1, 0.15) is 13.3 Å². The van der Waals surface area contributed by atoms with Crippen molar-refractivity contribution in [2.75, 3.05) is 18.5 Å². The highest BCUT2D eigenvalue weighted by molar-refractivity contribution is 9.10. The van der Waals surface area contributed by atoms with Gasteiger partial charge in [-0.3, -0.25) is 4.79 Å². The summed E-state index contributed by atoms with van der Waals surface area (Å²) in [6.07, 6.45) is 0.323. The molecule has 1 N–H and O–H groups in total. The molecule has 5 heteroatoms. The van der Waals surface area contributed by atoms with E-state index in [1.807, 2.05) is 18.2 Å². The Morgan fingerprint density at radius 1 is 1.65 bits per heavy atom. The molecule has 4 nitrogen and oxygen atoms in total. The van der Waals surface area contributed by atoms with Gasteiger partial charge in [0, 0.05) is 4.47 Å². The molecule has 0 aliphatic carbocycles. The zero-order valence-electron chi connectivity index (χ0n) is 9.53. The minimum absolute atomic E-state index is 0.0253. The fraction of sp³-hybridized carbons (Fsp3) is 0.417. The van der Waals surface area contributed by atoms with E-state index in [9.17, 15) is 4.79 Å². The Labute approximate surface area is 108 Å². The average Bonchev–Trinajstić information content (AvgIpc) is 2.29. The molecule has 1 aliphatic rings. The second-order valence-electron chi connectivity index (χ2n) is 3.80. The lowest BCUT2D eigenvalue weighted by Crippen LogP contribution is -2.33. The van der Waals surface area contributed by atoms with Crippen molar-refractivity contribution in [2.24, 2.45) is 0 Å². The third kappa shape index (κ3) is 3.12. The molecule has 1 aromatic rings. The molecule has 0 saturated heterocycles. The average molecular weight is 300 g/mol. The number of rotatable bonds is 3. The number of carbonyl (C=O) groups excluding carboxylic acids is 1. The van der Waals surface area contributed by atoms with E-state index < -0.39 is 0 Å². The van der Waals surface area contributed by atoms with Crippen LogP contribution in [-0.2, 0) is 9.53 Å². The van der Waals surface area contributed by atoms with Crippen molar-refractivity contribution in [3.8, 4) is 5.75 Å². The van der Waals surface area contributed by atoms with Gasteiger partial charge in [0.15, 0.2) is 0 Å². The van der Waals surface area contributed by atoms with Gasteiger partial charge in [-0.1, -0.05) is 15.9 Å². The van der Waals surface area contributed by atoms with Crippen molar-refractivity contribution < 1.29 is 14.3 Å². The van der Waals surface area contributed by atoms with E-state index in [0.717, 1.165) is 15.9 Å². The van der Waals surface area contributed by atoms with E-state index in [4.69, 9.17) is 9.47 Å². The van der Waals surface area contributed by atoms with Gasteiger partial charge in [0.2, 0.25) is 0 Å². The topological polar surface area (TPSA) is 47.6 Å². The van der Waals surface area contributed by atoms with E-state index in [-0.39, 0.29) is 12.0 Å². The van der Waals surface area contributed by atoms with Gasteiger partial charge < -0.3 is 14.8 Å². The van der Waals surface area contributed by atoms with Crippen LogP contribution in [0, 0.1) is 0 Å². The summed E-state index contributed by atoms with van der Waals surface area (Å²) in [7, 11) is 0. The van der Waals surface area contributed by atoms with Crippen LogP contribution in [0.15, 0.2) is 22.7 Å².